The van der Waals surface area contributed by atoms with E-state index in [1.807, 2.05) is 18.3 Å². The second kappa shape index (κ2) is 4.03. The number of fused-ring (bicyclic) bond motifs is 1. The lowest BCUT2D eigenvalue weighted by atomic mass is 10.2. The largest absolute Gasteiger partial charge is 0.306 e. The summed E-state index contributed by atoms with van der Waals surface area (Å²) in [6.45, 7) is 2.21. The number of hydrogen-bond donors (Lipinski definition) is 0. The average molecular weight is 203 g/mol. The molecule has 3 heteroatoms. The second-order valence-corrected chi connectivity index (χ2v) is 4.19. The zero-order valence-corrected chi connectivity index (χ0v) is 9.51. The third kappa shape index (κ3) is 2.02. The quantitative estimate of drug-likeness (QED) is 0.758. The Bertz CT molecular complexity index is 445. The Morgan fingerprint density at radius 3 is 2.93 bits per heavy atom. The summed E-state index contributed by atoms with van der Waals surface area (Å²) in [5.41, 5.74) is 1.17. The van der Waals surface area contributed by atoms with Crippen LogP contribution in [0.2, 0.25) is 0 Å². The molecule has 0 saturated heterocycles. The van der Waals surface area contributed by atoms with Crippen molar-refractivity contribution in [3.8, 4) is 0 Å². The van der Waals surface area contributed by atoms with E-state index in [4.69, 9.17) is 0 Å². The number of nitrogens with zero attached hydrogens (tertiary/aromatic N) is 3. The minimum Gasteiger partial charge on any atom is -0.306 e. The zero-order chi connectivity index (χ0) is 10.8. The smallest absolute Gasteiger partial charge is 0.114 e. The Balaban J connectivity index is 2.29. The average Bonchev–Trinajstić information content (AvgIpc) is 2.62. The third-order valence-corrected chi connectivity index (χ3v) is 2.87. The van der Waals surface area contributed by atoms with Crippen molar-refractivity contribution in [3.63, 3.8) is 0 Å². The molecule has 3 nitrogen and oxygen atoms in total. The zero-order valence-electron chi connectivity index (χ0n) is 9.51. The molecule has 0 aliphatic rings. The summed E-state index contributed by atoms with van der Waals surface area (Å²) in [6, 6.07) is 6.67. The van der Waals surface area contributed by atoms with Crippen molar-refractivity contribution in [1.29, 1.82) is 0 Å². The maximum absolute atomic E-state index is 4.45. The minimum atomic E-state index is 0.510. The molecule has 0 radical (unpaired) electrons. The topological polar surface area (TPSA) is 20.5 Å². The molecule has 0 unspecified atom stereocenters. The van der Waals surface area contributed by atoms with Crippen LogP contribution in [0.25, 0.3) is 5.52 Å². The van der Waals surface area contributed by atoms with Gasteiger partial charge in [-0.15, -0.1) is 0 Å². The highest BCUT2D eigenvalue weighted by Gasteiger charge is 2.09. The molecule has 2 aromatic heterocycles. The highest BCUT2D eigenvalue weighted by atomic mass is 15.1. The van der Waals surface area contributed by atoms with Crippen LogP contribution in [0.1, 0.15) is 12.7 Å². The molecule has 2 aromatic rings. The van der Waals surface area contributed by atoms with E-state index in [-0.39, 0.29) is 0 Å². The van der Waals surface area contributed by atoms with Crippen LogP contribution in [0, 0.1) is 0 Å². The van der Waals surface area contributed by atoms with E-state index in [9.17, 15) is 0 Å². The van der Waals surface area contributed by atoms with Gasteiger partial charge in [0.05, 0.1) is 11.7 Å². The number of aromatic nitrogens is 2. The number of rotatable bonds is 3. The molecule has 0 aliphatic carbocycles. The molecule has 0 saturated carbocycles. The van der Waals surface area contributed by atoms with E-state index in [1.165, 1.54) is 5.52 Å². The molecule has 0 N–H and O–H groups in total. The summed E-state index contributed by atoms with van der Waals surface area (Å²) in [5.74, 6) is 1.13. The fourth-order valence-corrected chi connectivity index (χ4v) is 1.60. The lowest BCUT2D eigenvalue weighted by Crippen LogP contribution is -2.27. The van der Waals surface area contributed by atoms with Gasteiger partial charge in [0.15, 0.2) is 0 Å². The maximum atomic E-state index is 4.45. The minimum absolute atomic E-state index is 0.510. The lowest BCUT2D eigenvalue weighted by Gasteiger charge is -2.18. The highest BCUT2D eigenvalue weighted by molar-refractivity contribution is 5.45. The van der Waals surface area contributed by atoms with Gasteiger partial charge in [0.25, 0.3) is 0 Å². The Kier molecular flexibility index (Phi) is 2.73. The van der Waals surface area contributed by atoms with E-state index < -0.39 is 0 Å². The summed E-state index contributed by atoms with van der Waals surface area (Å²) >= 11 is 0. The van der Waals surface area contributed by atoms with Crippen LogP contribution >= 0.6 is 0 Å². The fraction of sp³-hybridized carbons (Fsp3) is 0.417. The van der Waals surface area contributed by atoms with E-state index in [2.05, 4.69) is 47.6 Å². The van der Waals surface area contributed by atoms with Crippen molar-refractivity contribution in [1.82, 2.24) is 14.3 Å². The van der Waals surface area contributed by atoms with Crippen LogP contribution in [0.15, 0.2) is 30.6 Å². The molecule has 2 heterocycles. The Hall–Kier alpha value is -1.35. The first kappa shape index (κ1) is 10.2. The van der Waals surface area contributed by atoms with Gasteiger partial charge in [-0.2, -0.15) is 0 Å². The molecular formula is C12H17N3. The first-order valence-electron chi connectivity index (χ1n) is 5.26. The predicted octanol–water partition coefficient (Wildman–Crippen LogP) is 1.83. The van der Waals surface area contributed by atoms with Crippen LogP contribution in [-0.2, 0) is 6.42 Å². The summed E-state index contributed by atoms with van der Waals surface area (Å²) in [7, 11) is 4.20. The van der Waals surface area contributed by atoms with Gasteiger partial charge >= 0.3 is 0 Å². The first-order chi connectivity index (χ1) is 7.18. The van der Waals surface area contributed by atoms with Crippen molar-refractivity contribution in [3.05, 3.63) is 36.4 Å². The Morgan fingerprint density at radius 1 is 1.40 bits per heavy atom. The molecule has 0 fully saturated rings. The molecule has 1 atom stereocenters. The van der Waals surface area contributed by atoms with Gasteiger partial charge in [0.2, 0.25) is 0 Å². The van der Waals surface area contributed by atoms with Crippen molar-refractivity contribution in [2.45, 2.75) is 19.4 Å². The molecule has 2 rings (SSSR count). The van der Waals surface area contributed by atoms with Gasteiger partial charge < -0.3 is 9.30 Å². The molecule has 0 amide bonds. The van der Waals surface area contributed by atoms with Crippen LogP contribution < -0.4 is 0 Å². The highest BCUT2D eigenvalue weighted by Crippen LogP contribution is 2.09. The normalized spacial score (nSPS) is 13.6. The van der Waals surface area contributed by atoms with E-state index in [1.54, 1.807) is 0 Å². The molecule has 0 aromatic carbocycles. The van der Waals surface area contributed by atoms with Gasteiger partial charge in [-0.1, -0.05) is 6.07 Å². The maximum Gasteiger partial charge on any atom is 0.114 e. The molecular weight excluding hydrogens is 186 g/mol. The lowest BCUT2D eigenvalue weighted by molar-refractivity contribution is 0.308. The Morgan fingerprint density at radius 2 is 2.20 bits per heavy atom. The fourth-order valence-electron chi connectivity index (χ4n) is 1.60. The van der Waals surface area contributed by atoms with Crippen LogP contribution in [0.5, 0.6) is 0 Å². The number of imidazole rings is 1. The monoisotopic (exact) mass is 203 g/mol. The van der Waals surface area contributed by atoms with Gasteiger partial charge in [0, 0.05) is 18.7 Å². The summed E-state index contributed by atoms with van der Waals surface area (Å²) < 4.78 is 2.15. The predicted molar refractivity (Wildman–Crippen MR) is 62.0 cm³/mol. The van der Waals surface area contributed by atoms with Gasteiger partial charge in [-0.25, -0.2) is 4.98 Å². The summed E-state index contributed by atoms with van der Waals surface area (Å²) in [5, 5.41) is 0. The summed E-state index contributed by atoms with van der Waals surface area (Å²) in [6.07, 6.45) is 4.98. The molecule has 0 spiro atoms. The number of pyridine rings is 1. The number of hydrogen-bond acceptors (Lipinski definition) is 2. The van der Waals surface area contributed by atoms with Crippen molar-refractivity contribution in [2.75, 3.05) is 14.1 Å². The van der Waals surface area contributed by atoms with E-state index in [0.717, 1.165) is 12.2 Å². The molecule has 0 aliphatic heterocycles. The molecule has 15 heavy (non-hydrogen) atoms. The SMILES string of the molecule is C[C@@H](Cc1ncc2ccccn12)N(C)C. The van der Waals surface area contributed by atoms with Crippen molar-refractivity contribution < 1.29 is 0 Å². The molecule has 80 valence electrons. The van der Waals surface area contributed by atoms with E-state index in [0.29, 0.717) is 6.04 Å². The van der Waals surface area contributed by atoms with Gasteiger partial charge in [-0.05, 0) is 33.2 Å². The van der Waals surface area contributed by atoms with Gasteiger partial charge in [0.1, 0.15) is 5.82 Å². The number of likely N-dealkylation sites (N-methyl/N-ethyl adjacent to an activating group) is 1. The summed E-state index contributed by atoms with van der Waals surface area (Å²) in [4.78, 5) is 6.67. The van der Waals surface area contributed by atoms with Crippen LogP contribution in [-0.4, -0.2) is 34.4 Å². The second-order valence-electron chi connectivity index (χ2n) is 4.19. The van der Waals surface area contributed by atoms with Crippen molar-refractivity contribution in [2.24, 2.45) is 0 Å². The van der Waals surface area contributed by atoms with Gasteiger partial charge in [-0.3, -0.25) is 0 Å². The Labute approximate surface area is 90.4 Å². The van der Waals surface area contributed by atoms with Crippen molar-refractivity contribution >= 4 is 5.52 Å². The van der Waals surface area contributed by atoms with Crippen LogP contribution in [0.4, 0.5) is 0 Å². The standard InChI is InChI=1S/C12H17N3/c1-10(14(2)3)8-12-13-9-11-6-4-5-7-15(11)12/h4-7,9-10H,8H2,1-3H3/t10-/m0/s1. The third-order valence-electron chi connectivity index (χ3n) is 2.87. The molecule has 0 bridgehead atoms. The van der Waals surface area contributed by atoms with E-state index >= 15 is 0 Å². The first-order valence-corrected chi connectivity index (χ1v) is 5.26. The van der Waals surface area contributed by atoms with Crippen LogP contribution in [0.3, 0.4) is 0 Å².